The summed E-state index contributed by atoms with van der Waals surface area (Å²) in [6, 6.07) is 11.7. The first-order chi connectivity index (χ1) is 9.08. The van der Waals surface area contributed by atoms with E-state index in [9.17, 15) is 0 Å². The zero-order valence-corrected chi connectivity index (χ0v) is 12.7. The van der Waals surface area contributed by atoms with E-state index in [4.69, 9.17) is 18.0 Å². The summed E-state index contributed by atoms with van der Waals surface area (Å²) >= 11 is 5.16. The monoisotopic (exact) mass is 276 g/mol. The van der Waals surface area contributed by atoms with Crippen LogP contribution in [0.4, 0.5) is 0 Å². The number of nitrogens with zero attached hydrogens (tertiary/aromatic N) is 1. The molecular formula is C16H24N2S. The summed E-state index contributed by atoms with van der Waals surface area (Å²) in [7, 11) is 0. The van der Waals surface area contributed by atoms with Gasteiger partial charge in [0.1, 0.15) is 0 Å². The molecule has 2 N–H and O–H groups in total. The normalized spacial score (nSPS) is 16.8. The number of rotatable bonds is 7. The minimum Gasteiger partial charge on any atom is -0.393 e. The van der Waals surface area contributed by atoms with Crippen molar-refractivity contribution in [3.8, 4) is 0 Å². The smallest absolute Gasteiger partial charge is 0.0746 e. The highest BCUT2D eigenvalue weighted by atomic mass is 32.1. The second kappa shape index (κ2) is 6.49. The predicted octanol–water partition coefficient (Wildman–Crippen LogP) is 3.52. The zero-order valence-electron chi connectivity index (χ0n) is 11.9. The molecule has 1 aromatic rings. The molecule has 1 aliphatic carbocycles. The first kappa shape index (κ1) is 14.5. The van der Waals surface area contributed by atoms with E-state index in [0.29, 0.717) is 16.9 Å². The van der Waals surface area contributed by atoms with Crippen molar-refractivity contribution in [3.63, 3.8) is 0 Å². The van der Waals surface area contributed by atoms with Crippen LogP contribution in [0.1, 0.15) is 44.7 Å². The van der Waals surface area contributed by atoms with Crippen molar-refractivity contribution in [3.05, 3.63) is 35.9 Å². The molecule has 1 fully saturated rings. The van der Waals surface area contributed by atoms with Crippen LogP contribution in [0.2, 0.25) is 0 Å². The largest absolute Gasteiger partial charge is 0.393 e. The highest BCUT2D eigenvalue weighted by Crippen LogP contribution is 2.36. The molecule has 2 nitrogen and oxygen atoms in total. The Morgan fingerprint density at radius 1 is 1.32 bits per heavy atom. The van der Waals surface area contributed by atoms with Crippen LogP contribution in [-0.2, 0) is 0 Å². The first-order valence-corrected chi connectivity index (χ1v) is 7.57. The van der Waals surface area contributed by atoms with E-state index in [1.807, 2.05) is 0 Å². The molecule has 0 aromatic heterocycles. The van der Waals surface area contributed by atoms with Gasteiger partial charge in [0.25, 0.3) is 0 Å². The lowest BCUT2D eigenvalue weighted by molar-refractivity contribution is 0.169. The maximum absolute atomic E-state index is 5.82. The van der Waals surface area contributed by atoms with Gasteiger partial charge in [-0.25, -0.2) is 0 Å². The Labute approximate surface area is 122 Å². The van der Waals surface area contributed by atoms with Crippen LogP contribution in [0.5, 0.6) is 0 Å². The quantitative estimate of drug-likeness (QED) is 0.773. The van der Waals surface area contributed by atoms with Crippen molar-refractivity contribution in [2.45, 2.75) is 45.2 Å². The summed E-state index contributed by atoms with van der Waals surface area (Å²) in [5, 5.41) is 0. The molecule has 0 saturated heterocycles. The third kappa shape index (κ3) is 4.29. The maximum atomic E-state index is 5.82. The van der Waals surface area contributed by atoms with E-state index < -0.39 is 0 Å². The lowest BCUT2D eigenvalue weighted by Gasteiger charge is -2.33. The Balaban J connectivity index is 2.21. The molecule has 3 heteroatoms. The van der Waals surface area contributed by atoms with Crippen LogP contribution in [0, 0.1) is 5.92 Å². The molecule has 0 heterocycles. The van der Waals surface area contributed by atoms with Crippen LogP contribution in [0.15, 0.2) is 30.3 Å². The third-order valence-electron chi connectivity index (χ3n) is 3.57. The minimum atomic E-state index is 0.341. The molecule has 0 bridgehead atoms. The highest BCUT2D eigenvalue weighted by Gasteiger charge is 2.34. The molecule has 0 radical (unpaired) electrons. The van der Waals surface area contributed by atoms with Gasteiger partial charge in [0.05, 0.1) is 4.99 Å². The maximum Gasteiger partial charge on any atom is 0.0746 e. The van der Waals surface area contributed by atoms with Gasteiger partial charge in [-0.15, -0.1) is 0 Å². The number of hydrogen-bond acceptors (Lipinski definition) is 2. The van der Waals surface area contributed by atoms with Crippen LogP contribution in [0.25, 0.3) is 0 Å². The summed E-state index contributed by atoms with van der Waals surface area (Å²) < 4.78 is 0. The van der Waals surface area contributed by atoms with Gasteiger partial charge in [-0.2, -0.15) is 0 Å². The molecule has 0 amide bonds. The number of nitrogens with two attached hydrogens (primary N) is 1. The number of benzene rings is 1. The molecule has 1 saturated carbocycles. The topological polar surface area (TPSA) is 29.3 Å². The summed E-state index contributed by atoms with van der Waals surface area (Å²) in [5.74, 6) is 0.665. The van der Waals surface area contributed by atoms with Crippen molar-refractivity contribution in [1.29, 1.82) is 0 Å². The molecule has 1 unspecified atom stereocenters. The Morgan fingerprint density at radius 2 is 1.95 bits per heavy atom. The van der Waals surface area contributed by atoms with Gasteiger partial charge in [0.2, 0.25) is 0 Å². The van der Waals surface area contributed by atoms with Crippen molar-refractivity contribution in [2.24, 2.45) is 11.7 Å². The van der Waals surface area contributed by atoms with Gasteiger partial charge in [-0.05, 0) is 24.3 Å². The molecule has 19 heavy (non-hydrogen) atoms. The number of hydrogen-bond donors (Lipinski definition) is 1. The molecule has 1 aliphatic rings. The minimum absolute atomic E-state index is 0.341. The second-order valence-corrected chi connectivity index (χ2v) is 6.44. The Kier molecular flexibility index (Phi) is 4.94. The molecule has 104 valence electrons. The van der Waals surface area contributed by atoms with Gasteiger partial charge < -0.3 is 5.73 Å². The lowest BCUT2D eigenvalue weighted by atomic mass is 10.00. The van der Waals surface area contributed by atoms with Crippen molar-refractivity contribution in [1.82, 2.24) is 4.90 Å². The Morgan fingerprint density at radius 3 is 2.42 bits per heavy atom. The van der Waals surface area contributed by atoms with Crippen LogP contribution in [0.3, 0.4) is 0 Å². The van der Waals surface area contributed by atoms with Crippen LogP contribution < -0.4 is 5.73 Å². The standard InChI is InChI=1S/C16H24N2S/c1-12(2)11-18(14-8-9-14)15(10-16(17)19)13-6-4-3-5-7-13/h3-7,12,14-15H,8-11H2,1-2H3,(H2,17,19). The van der Waals surface area contributed by atoms with Crippen LogP contribution >= 0.6 is 12.2 Å². The van der Waals surface area contributed by atoms with Gasteiger partial charge in [-0.1, -0.05) is 56.4 Å². The lowest BCUT2D eigenvalue weighted by Crippen LogP contribution is -2.36. The molecule has 0 spiro atoms. The van der Waals surface area contributed by atoms with E-state index >= 15 is 0 Å². The van der Waals surface area contributed by atoms with Gasteiger partial charge >= 0.3 is 0 Å². The molecule has 1 atom stereocenters. The van der Waals surface area contributed by atoms with Gasteiger partial charge in [0, 0.05) is 25.0 Å². The van der Waals surface area contributed by atoms with Crippen molar-refractivity contribution < 1.29 is 0 Å². The zero-order chi connectivity index (χ0) is 13.8. The summed E-state index contributed by atoms with van der Waals surface area (Å²) in [6.45, 7) is 5.67. The van der Waals surface area contributed by atoms with Crippen LogP contribution in [-0.4, -0.2) is 22.5 Å². The second-order valence-electron chi connectivity index (χ2n) is 5.92. The SMILES string of the molecule is CC(C)CN(C1CC1)C(CC(N)=S)c1ccccc1. The van der Waals surface area contributed by atoms with Crippen molar-refractivity contribution in [2.75, 3.05) is 6.54 Å². The summed E-state index contributed by atoms with van der Waals surface area (Å²) in [6.07, 6.45) is 3.41. The molecular weight excluding hydrogens is 252 g/mol. The van der Waals surface area contributed by atoms with Crippen molar-refractivity contribution >= 4 is 17.2 Å². The first-order valence-electron chi connectivity index (χ1n) is 7.17. The highest BCUT2D eigenvalue weighted by molar-refractivity contribution is 7.80. The fourth-order valence-corrected chi connectivity index (χ4v) is 2.81. The van der Waals surface area contributed by atoms with E-state index in [2.05, 4.69) is 49.1 Å². The number of thiocarbonyl (C=S) groups is 1. The molecule has 1 aromatic carbocycles. The average molecular weight is 276 g/mol. The summed E-state index contributed by atoms with van der Waals surface area (Å²) in [4.78, 5) is 3.22. The molecule has 0 aliphatic heterocycles. The fraction of sp³-hybridized carbons (Fsp3) is 0.562. The predicted molar refractivity (Wildman–Crippen MR) is 85.2 cm³/mol. The van der Waals surface area contributed by atoms with Gasteiger partial charge in [0.15, 0.2) is 0 Å². The van der Waals surface area contributed by atoms with E-state index in [-0.39, 0.29) is 0 Å². The molecule has 2 rings (SSSR count). The third-order valence-corrected chi connectivity index (χ3v) is 3.74. The Bertz CT molecular complexity index is 412. The van der Waals surface area contributed by atoms with Gasteiger partial charge in [-0.3, -0.25) is 4.90 Å². The van der Waals surface area contributed by atoms with E-state index in [1.165, 1.54) is 18.4 Å². The van der Waals surface area contributed by atoms with E-state index in [0.717, 1.165) is 19.0 Å². The Hall–Kier alpha value is -0.930. The fourth-order valence-electron chi connectivity index (χ4n) is 2.65. The van der Waals surface area contributed by atoms with E-state index in [1.54, 1.807) is 0 Å². The average Bonchev–Trinajstić information content (AvgIpc) is 3.18. The summed E-state index contributed by atoms with van der Waals surface area (Å²) in [5.41, 5.74) is 7.16.